The number of H-pyrrole nitrogens is 1. The summed E-state index contributed by atoms with van der Waals surface area (Å²) >= 11 is 5.00. The largest absolute Gasteiger partial charge is 0.389 e. The molecule has 92 valence electrons. The molecule has 6 heteroatoms. The third-order valence-electron chi connectivity index (χ3n) is 2.54. The minimum Gasteiger partial charge on any atom is -0.389 e. The molecule has 0 bridgehead atoms. The molecule has 2 aromatic rings. The number of aromatic nitrogens is 2. The average Bonchev–Trinajstić information content (AvgIpc) is 2.38. The molecule has 0 aliphatic rings. The Kier molecular flexibility index (Phi) is 3.38. The van der Waals surface area contributed by atoms with Gasteiger partial charge in [-0.3, -0.25) is 4.79 Å². The maximum absolute atomic E-state index is 11.7. The van der Waals surface area contributed by atoms with Crippen LogP contribution in [0.25, 0.3) is 0 Å². The molecular weight excluding hydrogens is 248 g/mol. The van der Waals surface area contributed by atoms with Crippen LogP contribution < -0.4 is 16.2 Å². The molecule has 0 amide bonds. The molecule has 5 nitrogen and oxygen atoms in total. The van der Waals surface area contributed by atoms with E-state index in [1.807, 2.05) is 24.3 Å². The van der Waals surface area contributed by atoms with Gasteiger partial charge in [-0.05, 0) is 12.1 Å². The van der Waals surface area contributed by atoms with Gasteiger partial charge >= 0.3 is 0 Å². The molecule has 0 fully saturated rings. The molecule has 0 radical (unpaired) electrons. The lowest BCUT2D eigenvalue weighted by Crippen LogP contribution is -2.24. The van der Waals surface area contributed by atoms with Crippen molar-refractivity contribution >= 4 is 28.7 Å². The fourth-order valence-corrected chi connectivity index (χ4v) is 1.84. The Morgan fingerprint density at radius 3 is 2.83 bits per heavy atom. The number of nitrogens with one attached hydrogen (secondary N) is 1. The van der Waals surface area contributed by atoms with Crippen molar-refractivity contribution in [1.82, 2.24) is 9.97 Å². The van der Waals surface area contributed by atoms with Gasteiger partial charge in [0.1, 0.15) is 4.99 Å². The van der Waals surface area contributed by atoms with Crippen LogP contribution in [0.2, 0.25) is 0 Å². The number of hydrogen-bond donors (Lipinski definition) is 2. The zero-order valence-corrected chi connectivity index (χ0v) is 10.6. The average molecular weight is 260 g/mol. The van der Waals surface area contributed by atoms with Gasteiger partial charge in [-0.2, -0.15) is 0 Å². The first kappa shape index (κ1) is 12.3. The second kappa shape index (κ2) is 4.97. The van der Waals surface area contributed by atoms with Crippen molar-refractivity contribution in [3.8, 4) is 0 Å². The Hall–Kier alpha value is -2.21. The predicted octanol–water partition coefficient (Wildman–Crippen LogP) is 1.17. The van der Waals surface area contributed by atoms with Crippen LogP contribution in [0.1, 0.15) is 5.56 Å². The number of rotatable bonds is 3. The van der Waals surface area contributed by atoms with Crippen LogP contribution in [0.15, 0.2) is 41.5 Å². The second-order valence-electron chi connectivity index (χ2n) is 3.68. The van der Waals surface area contributed by atoms with Crippen molar-refractivity contribution in [3.05, 3.63) is 52.6 Å². The standard InChI is InChI=1S/C12H12N4OS/c1-16(11-12(17)15-7-6-14-11)9-5-3-2-4-8(9)10(13)18/h2-7H,1H3,(H2,13,18)(H,15,17). The fraction of sp³-hybridized carbons (Fsp3) is 0.0833. The number of thiocarbonyl (C=S) groups is 1. The number of para-hydroxylation sites is 1. The lowest BCUT2D eigenvalue weighted by molar-refractivity contribution is 1.05. The molecule has 1 heterocycles. The third-order valence-corrected chi connectivity index (χ3v) is 2.76. The topological polar surface area (TPSA) is 75.0 Å². The minimum absolute atomic E-state index is 0.266. The number of hydrogen-bond acceptors (Lipinski definition) is 4. The van der Waals surface area contributed by atoms with E-state index in [-0.39, 0.29) is 10.5 Å². The van der Waals surface area contributed by atoms with Crippen molar-refractivity contribution < 1.29 is 0 Å². The summed E-state index contributed by atoms with van der Waals surface area (Å²) in [6.07, 6.45) is 3.01. The zero-order chi connectivity index (χ0) is 13.1. The van der Waals surface area contributed by atoms with Crippen molar-refractivity contribution in [2.45, 2.75) is 0 Å². The van der Waals surface area contributed by atoms with Crippen molar-refractivity contribution in [3.63, 3.8) is 0 Å². The molecule has 0 aliphatic heterocycles. The van der Waals surface area contributed by atoms with Gasteiger partial charge in [-0.25, -0.2) is 4.98 Å². The van der Waals surface area contributed by atoms with E-state index < -0.39 is 0 Å². The Morgan fingerprint density at radius 1 is 1.44 bits per heavy atom. The first-order valence-corrected chi connectivity index (χ1v) is 5.68. The smallest absolute Gasteiger partial charge is 0.291 e. The second-order valence-corrected chi connectivity index (χ2v) is 4.12. The van der Waals surface area contributed by atoms with Crippen LogP contribution in [0.5, 0.6) is 0 Å². The van der Waals surface area contributed by atoms with Gasteiger partial charge in [0.2, 0.25) is 0 Å². The lowest BCUT2D eigenvalue weighted by Gasteiger charge is -2.19. The summed E-state index contributed by atoms with van der Waals surface area (Å²) < 4.78 is 0. The molecule has 0 saturated heterocycles. The van der Waals surface area contributed by atoms with Gasteiger partial charge in [0.15, 0.2) is 5.82 Å². The quantitative estimate of drug-likeness (QED) is 0.810. The highest BCUT2D eigenvalue weighted by molar-refractivity contribution is 7.80. The number of benzene rings is 1. The Bertz CT molecular complexity index is 638. The van der Waals surface area contributed by atoms with Gasteiger partial charge in [0, 0.05) is 25.0 Å². The summed E-state index contributed by atoms with van der Waals surface area (Å²) in [5.41, 5.74) is 6.85. The monoisotopic (exact) mass is 260 g/mol. The normalized spacial score (nSPS) is 10.1. The Morgan fingerprint density at radius 2 is 2.17 bits per heavy atom. The number of nitrogens with two attached hydrogens (primary N) is 1. The summed E-state index contributed by atoms with van der Waals surface area (Å²) in [4.78, 5) is 20.3. The molecule has 1 aromatic heterocycles. The molecule has 2 rings (SSSR count). The van der Waals surface area contributed by atoms with Crippen LogP contribution in [-0.4, -0.2) is 22.0 Å². The van der Waals surface area contributed by atoms with E-state index in [9.17, 15) is 4.79 Å². The first-order valence-electron chi connectivity index (χ1n) is 5.27. The summed E-state index contributed by atoms with van der Waals surface area (Å²) in [7, 11) is 1.74. The van der Waals surface area contributed by atoms with E-state index in [1.165, 1.54) is 12.4 Å². The molecule has 0 saturated carbocycles. The molecule has 3 N–H and O–H groups in total. The van der Waals surface area contributed by atoms with E-state index in [0.29, 0.717) is 11.4 Å². The molecular formula is C12H12N4OS. The highest BCUT2D eigenvalue weighted by Crippen LogP contribution is 2.23. The minimum atomic E-state index is -0.266. The van der Waals surface area contributed by atoms with Crippen molar-refractivity contribution in [2.24, 2.45) is 5.73 Å². The molecule has 1 aromatic carbocycles. The summed E-state index contributed by atoms with van der Waals surface area (Å²) in [5, 5.41) is 0. The Labute approximate surface area is 109 Å². The molecule has 0 atom stereocenters. The third kappa shape index (κ3) is 2.23. The fourth-order valence-electron chi connectivity index (χ4n) is 1.67. The highest BCUT2D eigenvalue weighted by Gasteiger charge is 2.13. The Balaban J connectivity index is 2.53. The van der Waals surface area contributed by atoms with E-state index in [0.717, 1.165) is 5.69 Å². The van der Waals surface area contributed by atoms with Crippen molar-refractivity contribution in [1.29, 1.82) is 0 Å². The van der Waals surface area contributed by atoms with E-state index in [4.69, 9.17) is 18.0 Å². The van der Waals surface area contributed by atoms with Crippen LogP contribution >= 0.6 is 12.2 Å². The van der Waals surface area contributed by atoms with E-state index >= 15 is 0 Å². The van der Waals surface area contributed by atoms with Gasteiger partial charge in [0.05, 0.1) is 5.69 Å². The number of nitrogens with zero attached hydrogens (tertiary/aromatic N) is 2. The van der Waals surface area contributed by atoms with Crippen LogP contribution in [0.3, 0.4) is 0 Å². The SMILES string of the molecule is CN(c1ccccc1C(N)=S)c1ncc[nH]c1=O. The van der Waals surface area contributed by atoms with Crippen LogP contribution in [0, 0.1) is 0 Å². The summed E-state index contributed by atoms with van der Waals surface area (Å²) in [5.74, 6) is 0.293. The summed E-state index contributed by atoms with van der Waals surface area (Å²) in [6.45, 7) is 0. The first-order chi connectivity index (χ1) is 8.61. The zero-order valence-electron chi connectivity index (χ0n) is 9.75. The molecule has 0 spiro atoms. The maximum Gasteiger partial charge on any atom is 0.291 e. The van der Waals surface area contributed by atoms with Gasteiger partial charge in [0.25, 0.3) is 5.56 Å². The lowest BCUT2D eigenvalue weighted by atomic mass is 10.1. The highest BCUT2D eigenvalue weighted by atomic mass is 32.1. The summed E-state index contributed by atoms with van der Waals surface area (Å²) in [6, 6.07) is 7.34. The van der Waals surface area contributed by atoms with Crippen LogP contribution in [-0.2, 0) is 0 Å². The van der Waals surface area contributed by atoms with Crippen molar-refractivity contribution in [2.75, 3.05) is 11.9 Å². The van der Waals surface area contributed by atoms with Gasteiger partial charge in [-0.1, -0.05) is 24.4 Å². The molecule has 18 heavy (non-hydrogen) atoms. The van der Waals surface area contributed by atoms with Gasteiger partial charge in [-0.15, -0.1) is 0 Å². The van der Waals surface area contributed by atoms with E-state index in [2.05, 4.69) is 9.97 Å². The number of aromatic amines is 1. The van der Waals surface area contributed by atoms with Crippen LogP contribution in [0.4, 0.5) is 11.5 Å². The van der Waals surface area contributed by atoms with E-state index in [1.54, 1.807) is 11.9 Å². The maximum atomic E-state index is 11.7. The molecule has 0 unspecified atom stereocenters. The number of anilines is 2. The van der Waals surface area contributed by atoms with Gasteiger partial charge < -0.3 is 15.6 Å². The predicted molar refractivity (Wildman–Crippen MR) is 75.3 cm³/mol. The molecule has 0 aliphatic carbocycles.